The molecule has 0 aliphatic heterocycles. The van der Waals surface area contributed by atoms with Crippen molar-refractivity contribution in [1.29, 1.82) is 0 Å². The topological polar surface area (TPSA) is 163 Å². The molecule has 0 radical (unpaired) electrons. The lowest BCUT2D eigenvalue weighted by Crippen LogP contribution is -2.25. The Bertz CT molecular complexity index is 1340. The third-order valence-corrected chi connectivity index (χ3v) is 5.62. The Labute approximate surface area is 212 Å². The van der Waals surface area contributed by atoms with Crippen molar-refractivity contribution in [3.8, 4) is 11.5 Å². The minimum absolute atomic E-state index is 0.145. The summed E-state index contributed by atoms with van der Waals surface area (Å²) in [6.07, 6.45) is 0.200. The lowest BCUT2D eigenvalue weighted by molar-refractivity contribution is -0.384. The number of benzene rings is 3. The van der Waals surface area contributed by atoms with Gasteiger partial charge in [-0.15, -0.1) is 0 Å². The lowest BCUT2D eigenvalue weighted by atomic mass is 9.86. The van der Waals surface area contributed by atoms with Gasteiger partial charge in [0.25, 0.3) is 5.69 Å². The number of carbonyl (C=O) groups excluding carboxylic acids is 3. The Balaban J connectivity index is 1.77. The largest absolute Gasteiger partial charge is 0.493 e. The van der Waals surface area contributed by atoms with Crippen LogP contribution < -0.4 is 25.8 Å². The number of ether oxygens (including phenoxy) is 2. The maximum Gasteiger partial charge on any atom is 0.323 e. The number of anilines is 2. The van der Waals surface area contributed by atoms with Crippen LogP contribution in [-0.2, 0) is 11.2 Å². The molecule has 0 spiro atoms. The van der Waals surface area contributed by atoms with Crippen molar-refractivity contribution in [2.45, 2.75) is 19.3 Å². The number of nitro groups is 1. The number of hydrogen-bond donors (Lipinski definition) is 3. The predicted octanol–water partition coefficient (Wildman–Crippen LogP) is 4.27. The van der Waals surface area contributed by atoms with E-state index in [2.05, 4.69) is 10.6 Å². The Morgan fingerprint density at radius 3 is 2.14 bits per heavy atom. The molecule has 3 rings (SSSR count). The predicted molar refractivity (Wildman–Crippen MR) is 137 cm³/mol. The number of amides is 3. The molecule has 1 unspecified atom stereocenters. The summed E-state index contributed by atoms with van der Waals surface area (Å²) in [6, 6.07) is 14.8. The quantitative estimate of drug-likeness (QED) is 0.210. The van der Waals surface area contributed by atoms with E-state index in [1.165, 1.54) is 51.5 Å². The van der Waals surface area contributed by atoms with Crippen LogP contribution in [-0.4, -0.2) is 36.9 Å². The van der Waals surface area contributed by atoms with Gasteiger partial charge >= 0.3 is 6.03 Å². The van der Waals surface area contributed by atoms with E-state index < -0.39 is 22.8 Å². The molecular weight excluding hydrogens is 480 g/mol. The zero-order valence-electron chi connectivity index (χ0n) is 20.4. The molecule has 3 amide bonds. The van der Waals surface area contributed by atoms with E-state index in [0.717, 1.165) is 5.56 Å². The van der Waals surface area contributed by atoms with Crippen LogP contribution in [0.1, 0.15) is 34.3 Å². The maximum absolute atomic E-state index is 12.4. The number of Topliss-reactive ketones (excluding diaryl/α,β-unsaturated/α-hetero) is 1. The zero-order chi connectivity index (χ0) is 27.1. The van der Waals surface area contributed by atoms with Crippen molar-refractivity contribution in [2.24, 2.45) is 5.73 Å². The van der Waals surface area contributed by atoms with Crippen LogP contribution in [0.4, 0.5) is 21.9 Å². The van der Waals surface area contributed by atoms with E-state index in [1.807, 2.05) is 0 Å². The fourth-order valence-electron chi connectivity index (χ4n) is 3.80. The summed E-state index contributed by atoms with van der Waals surface area (Å²) in [4.78, 5) is 47.4. The average molecular weight is 507 g/mol. The summed E-state index contributed by atoms with van der Waals surface area (Å²) < 4.78 is 10.6. The molecule has 0 saturated heterocycles. The normalized spacial score (nSPS) is 11.2. The fourth-order valence-corrected chi connectivity index (χ4v) is 3.80. The van der Waals surface area contributed by atoms with Crippen molar-refractivity contribution in [3.05, 3.63) is 87.5 Å². The standard InChI is InChI=1S/C26H26N4O7/c1-15(31)20-13-23(36-2)24(37-3)14-21(20)22(25(27)32)11-16-7-9-17(10-8-16)28-26(33)29-18-5-4-6-19(12-18)30(34)35/h4-10,12-14,22H,11H2,1-3H3,(H2,27,32)(H2,28,29,33). The van der Waals surface area contributed by atoms with E-state index in [1.54, 1.807) is 30.3 Å². The van der Waals surface area contributed by atoms with Crippen molar-refractivity contribution >= 4 is 34.8 Å². The molecule has 3 aromatic carbocycles. The second kappa shape index (κ2) is 11.7. The lowest BCUT2D eigenvalue weighted by Gasteiger charge is -2.20. The second-order valence-electron chi connectivity index (χ2n) is 8.09. The smallest absolute Gasteiger partial charge is 0.323 e. The Kier molecular flexibility index (Phi) is 8.41. The molecule has 0 bridgehead atoms. The third kappa shape index (κ3) is 6.60. The van der Waals surface area contributed by atoms with Gasteiger partial charge in [0.05, 0.1) is 25.1 Å². The molecule has 3 aromatic rings. The van der Waals surface area contributed by atoms with E-state index in [4.69, 9.17) is 15.2 Å². The van der Waals surface area contributed by atoms with Gasteiger partial charge in [0.15, 0.2) is 17.3 Å². The first-order chi connectivity index (χ1) is 17.6. The number of urea groups is 1. The number of hydrogen-bond acceptors (Lipinski definition) is 7. The molecular formula is C26H26N4O7. The molecule has 192 valence electrons. The van der Waals surface area contributed by atoms with E-state index in [0.29, 0.717) is 28.3 Å². The van der Waals surface area contributed by atoms with Gasteiger partial charge in [-0.2, -0.15) is 0 Å². The monoisotopic (exact) mass is 506 g/mol. The number of ketones is 1. The first-order valence-electron chi connectivity index (χ1n) is 11.1. The number of rotatable bonds is 10. The van der Waals surface area contributed by atoms with Crippen molar-refractivity contribution in [2.75, 3.05) is 24.9 Å². The highest BCUT2D eigenvalue weighted by Gasteiger charge is 2.25. The Morgan fingerprint density at radius 1 is 0.946 bits per heavy atom. The van der Waals surface area contributed by atoms with Gasteiger partial charge < -0.3 is 25.8 Å². The number of primary amides is 1. The summed E-state index contributed by atoms with van der Waals surface area (Å²) in [7, 11) is 2.90. The summed E-state index contributed by atoms with van der Waals surface area (Å²) in [5.41, 5.74) is 7.76. The Hall–Kier alpha value is -4.93. The molecule has 0 aromatic heterocycles. The van der Waals surface area contributed by atoms with Crippen molar-refractivity contribution in [1.82, 2.24) is 0 Å². The molecule has 37 heavy (non-hydrogen) atoms. The molecule has 0 aliphatic rings. The van der Waals surface area contributed by atoms with Crippen molar-refractivity contribution < 1.29 is 28.8 Å². The van der Waals surface area contributed by atoms with Crippen LogP contribution in [0.5, 0.6) is 11.5 Å². The van der Waals surface area contributed by atoms with Gasteiger partial charge in [0, 0.05) is 29.1 Å². The first kappa shape index (κ1) is 26.7. The number of carbonyl (C=O) groups is 3. The van der Waals surface area contributed by atoms with E-state index in [-0.39, 0.29) is 23.6 Å². The van der Waals surface area contributed by atoms with Gasteiger partial charge in [0.1, 0.15) is 0 Å². The highest BCUT2D eigenvalue weighted by molar-refractivity contribution is 6.00. The van der Waals surface area contributed by atoms with Crippen molar-refractivity contribution in [3.63, 3.8) is 0 Å². The average Bonchev–Trinajstić information content (AvgIpc) is 2.87. The fraction of sp³-hybridized carbons (Fsp3) is 0.192. The second-order valence-corrected chi connectivity index (χ2v) is 8.09. The van der Waals surface area contributed by atoms with Crippen LogP contribution in [0.2, 0.25) is 0 Å². The van der Waals surface area contributed by atoms with Crippen LogP contribution in [0, 0.1) is 10.1 Å². The van der Waals surface area contributed by atoms with Gasteiger partial charge in [-0.3, -0.25) is 19.7 Å². The van der Waals surface area contributed by atoms with E-state index in [9.17, 15) is 24.5 Å². The molecule has 4 N–H and O–H groups in total. The van der Waals surface area contributed by atoms with Gasteiger partial charge in [0.2, 0.25) is 5.91 Å². The first-order valence-corrected chi connectivity index (χ1v) is 11.1. The molecule has 11 heteroatoms. The molecule has 0 aliphatic carbocycles. The SMILES string of the molecule is COc1cc(C(C)=O)c(C(Cc2ccc(NC(=O)Nc3cccc([N+](=O)[O-])c3)cc2)C(N)=O)cc1OC. The molecule has 0 saturated carbocycles. The minimum Gasteiger partial charge on any atom is -0.493 e. The molecule has 0 heterocycles. The van der Waals surface area contributed by atoms with E-state index >= 15 is 0 Å². The molecule has 1 atom stereocenters. The number of nitrogens with zero attached hydrogens (tertiary/aromatic N) is 1. The van der Waals surface area contributed by atoms with Crippen LogP contribution in [0.15, 0.2) is 60.7 Å². The van der Waals surface area contributed by atoms with Crippen LogP contribution >= 0.6 is 0 Å². The highest BCUT2D eigenvalue weighted by Crippen LogP contribution is 2.35. The van der Waals surface area contributed by atoms with Gasteiger partial charge in [-0.05, 0) is 54.8 Å². The number of methoxy groups -OCH3 is 2. The minimum atomic E-state index is -0.824. The number of nitro benzene ring substituents is 1. The summed E-state index contributed by atoms with van der Waals surface area (Å²) >= 11 is 0. The summed E-state index contributed by atoms with van der Waals surface area (Å²) in [5.74, 6) is -0.971. The summed E-state index contributed by atoms with van der Waals surface area (Å²) in [6.45, 7) is 1.39. The Morgan fingerprint density at radius 2 is 1.57 bits per heavy atom. The summed E-state index contributed by atoms with van der Waals surface area (Å²) in [5, 5.41) is 16.1. The zero-order valence-corrected chi connectivity index (χ0v) is 20.4. The molecule has 11 nitrogen and oxygen atoms in total. The van der Waals surface area contributed by atoms with Crippen LogP contribution in [0.25, 0.3) is 0 Å². The maximum atomic E-state index is 12.4. The van der Waals surface area contributed by atoms with Gasteiger partial charge in [-0.25, -0.2) is 4.79 Å². The number of non-ortho nitro benzene ring substituents is 1. The highest BCUT2D eigenvalue weighted by atomic mass is 16.6. The van der Waals surface area contributed by atoms with Gasteiger partial charge in [-0.1, -0.05) is 18.2 Å². The number of nitrogens with one attached hydrogen (secondary N) is 2. The van der Waals surface area contributed by atoms with Crippen LogP contribution in [0.3, 0.4) is 0 Å². The number of nitrogens with two attached hydrogens (primary N) is 1. The third-order valence-electron chi connectivity index (χ3n) is 5.62. The molecule has 0 fully saturated rings.